The number of fused-ring (bicyclic) bond motifs is 6. The minimum Gasteiger partial charge on any atom is -0.561 e. The van der Waals surface area contributed by atoms with Crippen molar-refractivity contribution >= 4 is 38.9 Å². The van der Waals surface area contributed by atoms with Crippen molar-refractivity contribution in [2.45, 2.75) is 57.8 Å². The average Bonchev–Trinajstić information content (AvgIpc) is 3.89. The maximum absolute atomic E-state index is 6.43. The molecular formula is C47H42N4OPt. The SMILES string of the molecule is CCCCC1(CCCC)c2ccccc2-c2ccc(C3=CN(c4[c-]c(Oc5[c-]c6c(cc5)c5ccccc5n6C5=CC=CC[N-]5)ccc4)[N-]C3)cc21.[Pt+4]. The first-order valence-electron chi connectivity index (χ1n) is 18.8. The quantitative estimate of drug-likeness (QED) is 0.122. The van der Waals surface area contributed by atoms with E-state index in [-0.39, 0.29) is 26.5 Å². The molecule has 0 unspecified atom stereocenters. The summed E-state index contributed by atoms with van der Waals surface area (Å²) in [7, 11) is 0. The number of allylic oxidation sites excluding steroid dienone is 2. The monoisotopic (exact) mass is 873 g/mol. The van der Waals surface area contributed by atoms with Crippen molar-refractivity contribution in [1.82, 2.24) is 4.57 Å². The second kappa shape index (κ2) is 14.9. The van der Waals surface area contributed by atoms with Crippen LogP contribution in [0, 0.1) is 12.1 Å². The van der Waals surface area contributed by atoms with Crippen LogP contribution in [0.3, 0.4) is 0 Å². The van der Waals surface area contributed by atoms with Gasteiger partial charge in [0.15, 0.2) is 0 Å². The number of rotatable bonds is 11. The second-order valence-corrected chi connectivity index (χ2v) is 14.1. The molecule has 3 aliphatic rings. The third kappa shape index (κ3) is 6.24. The molecule has 1 aromatic heterocycles. The van der Waals surface area contributed by atoms with Crippen molar-refractivity contribution in [1.29, 1.82) is 0 Å². The maximum atomic E-state index is 6.43. The van der Waals surface area contributed by atoms with E-state index in [1.54, 1.807) is 0 Å². The van der Waals surface area contributed by atoms with Gasteiger partial charge in [0, 0.05) is 16.9 Å². The van der Waals surface area contributed by atoms with Crippen molar-refractivity contribution in [2.24, 2.45) is 0 Å². The largest absolute Gasteiger partial charge is 4.00 e. The number of ether oxygens (including phenoxy) is 1. The molecule has 5 nitrogen and oxygen atoms in total. The van der Waals surface area contributed by atoms with Gasteiger partial charge in [0.25, 0.3) is 0 Å². The number of hydrogen-bond donors (Lipinski definition) is 0. The zero-order valence-electron chi connectivity index (χ0n) is 30.2. The number of para-hydroxylation sites is 1. The first kappa shape index (κ1) is 35.2. The number of nitrogens with zero attached hydrogens (tertiary/aromatic N) is 4. The van der Waals surface area contributed by atoms with Crippen molar-refractivity contribution in [2.75, 3.05) is 18.1 Å². The maximum Gasteiger partial charge on any atom is 4.00 e. The molecule has 266 valence electrons. The van der Waals surface area contributed by atoms with Gasteiger partial charge < -0.3 is 25.1 Å². The van der Waals surface area contributed by atoms with Crippen LogP contribution in [0.4, 0.5) is 5.69 Å². The van der Waals surface area contributed by atoms with E-state index in [0.717, 1.165) is 27.9 Å². The van der Waals surface area contributed by atoms with Crippen molar-refractivity contribution in [3.8, 4) is 22.6 Å². The number of benzene rings is 5. The Hall–Kier alpha value is -4.83. The fourth-order valence-corrected chi connectivity index (χ4v) is 8.45. The average molecular weight is 874 g/mol. The van der Waals surface area contributed by atoms with Gasteiger partial charge in [0.1, 0.15) is 0 Å². The van der Waals surface area contributed by atoms with Crippen LogP contribution in [0.15, 0.2) is 121 Å². The zero-order chi connectivity index (χ0) is 35.1. The van der Waals surface area contributed by atoms with E-state index in [4.69, 9.17) is 15.5 Å². The molecule has 0 fully saturated rings. The molecule has 0 spiro atoms. The van der Waals surface area contributed by atoms with E-state index < -0.39 is 0 Å². The van der Waals surface area contributed by atoms with Crippen molar-refractivity contribution < 1.29 is 25.8 Å². The Balaban J connectivity index is 0.00000400. The van der Waals surface area contributed by atoms with Gasteiger partial charge in [0.05, 0.1) is 0 Å². The van der Waals surface area contributed by atoms with Gasteiger partial charge in [-0.15, -0.1) is 47.8 Å². The summed E-state index contributed by atoms with van der Waals surface area (Å²) >= 11 is 0. The molecule has 0 bridgehead atoms. The summed E-state index contributed by atoms with van der Waals surface area (Å²) in [6.45, 7) is 5.90. The van der Waals surface area contributed by atoms with E-state index >= 15 is 0 Å². The summed E-state index contributed by atoms with van der Waals surface area (Å²) in [6, 6.07) is 41.8. The molecular weight excluding hydrogens is 832 g/mol. The van der Waals surface area contributed by atoms with Crippen LogP contribution in [-0.4, -0.2) is 17.7 Å². The molecule has 0 amide bonds. The van der Waals surface area contributed by atoms with Crippen LogP contribution in [0.1, 0.15) is 69.1 Å². The van der Waals surface area contributed by atoms with E-state index in [2.05, 4.69) is 122 Å². The summed E-state index contributed by atoms with van der Waals surface area (Å²) < 4.78 is 8.60. The Kier molecular flexibility index (Phi) is 9.89. The Morgan fingerprint density at radius 2 is 1.57 bits per heavy atom. The Morgan fingerprint density at radius 1 is 0.774 bits per heavy atom. The minimum absolute atomic E-state index is 0. The van der Waals surface area contributed by atoms with Gasteiger partial charge in [0.2, 0.25) is 0 Å². The van der Waals surface area contributed by atoms with Gasteiger partial charge in [-0.05, 0) is 70.6 Å². The van der Waals surface area contributed by atoms with Gasteiger partial charge >= 0.3 is 21.1 Å². The molecule has 9 rings (SSSR count). The van der Waals surface area contributed by atoms with Gasteiger partial charge in [-0.1, -0.05) is 135 Å². The van der Waals surface area contributed by atoms with Gasteiger partial charge in [-0.25, -0.2) is 0 Å². The fourth-order valence-electron chi connectivity index (χ4n) is 8.45. The Morgan fingerprint density at radius 3 is 2.40 bits per heavy atom. The first-order valence-corrected chi connectivity index (χ1v) is 18.8. The molecule has 3 heterocycles. The molecule has 0 saturated heterocycles. The Bertz CT molecular complexity index is 2390. The minimum atomic E-state index is 0. The molecule has 0 N–H and O–H groups in total. The molecule has 53 heavy (non-hydrogen) atoms. The van der Waals surface area contributed by atoms with E-state index in [0.29, 0.717) is 24.6 Å². The molecule has 6 heteroatoms. The van der Waals surface area contributed by atoms with Gasteiger partial charge in [-0.2, -0.15) is 12.1 Å². The summed E-state index contributed by atoms with van der Waals surface area (Å²) in [5.41, 5.74) is 16.1. The fraction of sp³-hybridized carbons (Fsp3) is 0.234. The molecule has 1 aliphatic carbocycles. The molecule has 0 radical (unpaired) electrons. The van der Waals surface area contributed by atoms with E-state index in [9.17, 15) is 0 Å². The van der Waals surface area contributed by atoms with Crippen LogP contribution in [0.25, 0.3) is 55.1 Å². The van der Waals surface area contributed by atoms with Crippen LogP contribution < -0.4 is 9.75 Å². The summed E-state index contributed by atoms with van der Waals surface area (Å²) in [6.07, 6.45) is 15.5. The number of unbranched alkanes of at least 4 members (excludes halogenated alkanes) is 2. The third-order valence-electron chi connectivity index (χ3n) is 11.0. The number of anilines is 1. The number of hydrogen-bond acceptors (Lipinski definition) is 2. The predicted octanol–water partition coefficient (Wildman–Crippen LogP) is 12.7. The van der Waals surface area contributed by atoms with Crippen LogP contribution in [0.5, 0.6) is 11.5 Å². The van der Waals surface area contributed by atoms with Crippen molar-refractivity contribution in [3.63, 3.8) is 0 Å². The standard InChI is InChI=1S/C47H42N4O.Pt/c1-3-5-25-47(26-6-4-2)42-18-9-7-16-38(42)39-23-21-33(28-43(39)47)34-31-49-50(32-34)35-14-13-15-36(29-35)52-37-22-24-41-40-17-8-10-19-44(40)51(45(41)30-37)46-20-11-12-27-48-46;/h7-24,28,32H,3-6,25-27,31H2,1-2H3;/q-4;+4. The molecule has 0 saturated carbocycles. The van der Waals surface area contributed by atoms with Crippen LogP contribution in [0.2, 0.25) is 0 Å². The second-order valence-electron chi connectivity index (χ2n) is 14.1. The smallest absolute Gasteiger partial charge is 0.561 e. The predicted molar refractivity (Wildman–Crippen MR) is 216 cm³/mol. The Labute approximate surface area is 327 Å². The van der Waals surface area contributed by atoms with Crippen LogP contribution >= 0.6 is 0 Å². The van der Waals surface area contributed by atoms with Crippen LogP contribution in [-0.2, 0) is 26.5 Å². The van der Waals surface area contributed by atoms with Gasteiger partial charge in [-0.3, -0.25) is 0 Å². The number of aromatic nitrogens is 1. The third-order valence-corrected chi connectivity index (χ3v) is 11.0. The topological polar surface area (TPSA) is 45.6 Å². The summed E-state index contributed by atoms with van der Waals surface area (Å²) in [5.74, 6) is 2.14. The molecule has 2 aliphatic heterocycles. The summed E-state index contributed by atoms with van der Waals surface area (Å²) in [5, 5.41) is 9.00. The first-order chi connectivity index (χ1) is 25.7. The zero-order valence-corrected chi connectivity index (χ0v) is 32.5. The molecule has 6 aromatic rings. The molecule has 0 atom stereocenters. The van der Waals surface area contributed by atoms with E-state index in [1.807, 2.05) is 35.4 Å². The van der Waals surface area contributed by atoms with E-state index in [1.165, 1.54) is 77.3 Å². The summed E-state index contributed by atoms with van der Waals surface area (Å²) in [4.78, 5) is 0. The molecule has 5 aromatic carbocycles. The van der Waals surface area contributed by atoms with Crippen molar-refractivity contribution in [3.05, 3.63) is 161 Å². The normalized spacial score (nSPS) is 15.5.